The van der Waals surface area contributed by atoms with Gasteiger partial charge < -0.3 is 0 Å². The number of rotatable bonds is 0. The molecule has 0 aliphatic heterocycles. The van der Waals surface area contributed by atoms with Gasteiger partial charge in [-0.05, 0) is 0 Å². The second-order valence-corrected chi connectivity index (χ2v) is 0.0816. The molecule has 0 unspecified atom stereocenters. The van der Waals surface area contributed by atoms with Crippen molar-refractivity contribution < 1.29 is 19.8 Å². The van der Waals surface area contributed by atoms with Crippen molar-refractivity contribution in [3.05, 3.63) is 10.4 Å². The molecule has 0 aliphatic rings. The first kappa shape index (κ1) is 8.82. The third kappa shape index (κ3) is 70.2. The van der Waals surface area contributed by atoms with Gasteiger partial charge in [0, 0.05) is 0 Å². The van der Waals surface area contributed by atoms with E-state index in [0.29, 0.717) is 0 Å². The van der Waals surface area contributed by atoms with Crippen molar-refractivity contribution in [2.24, 2.45) is 0 Å². The van der Waals surface area contributed by atoms with Gasteiger partial charge in [-0.2, -0.15) is 0 Å². The van der Waals surface area contributed by atoms with Gasteiger partial charge in [-0.3, -0.25) is 5.53 Å². The number of hydrogen-bond donors (Lipinski definition) is 0. The average molecular weight is 124 g/mol. The molecule has 0 aromatic heterocycles. The molecule has 4 nitrogen and oxygen atoms in total. The van der Waals surface area contributed by atoms with E-state index in [2.05, 4.69) is 15.9 Å². The molecule has 5 heavy (non-hydrogen) atoms. The summed E-state index contributed by atoms with van der Waals surface area (Å²) in [5.74, 6) is 0. The Morgan fingerprint density at radius 2 is 1.60 bits per heavy atom. The van der Waals surface area contributed by atoms with E-state index in [1.165, 1.54) is 4.97 Å². The van der Waals surface area contributed by atoms with Gasteiger partial charge in [0.1, 0.15) is 4.97 Å². The fourth-order valence-corrected chi connectivity index (χ4v) is 0. The molecule has 0 rings (SSSR count). The van der Waals surface area contributed by atoms with Crippen molar-refractivity contribution in [2.45, 2.75) is 0 Å². The van der Waals surface area contributed by atoms with E-state index in [9.17, 15) is 0 Å². The van der Waals surface area contributed by atoms with E-state index >= 15 is 0 Å². The second kappa shape index (κ2) is 63.3. The van der Waals surface area contributed by atoms with Gasteiger partial charge in [0.25, 0.3) is 0 Å². The van der Waals surface area contributed by atoms with E-state index in [-0.39, 0.29) is 0 Å². The zero-order valence-corrected chi connectivity index (χ0v) is 2.95. The van der Waals surface area contributed by atoms with E-state index < -0.39 is 0 Å². The first-order valence-corrected chi connectivity index (χ1v) is 0.890. The predicted molar refractivity (Wildman–Crippen MR) is 9.55 cm³/mol. The average Bonchev–Trinajstić information content (AvgIpc) is 1.46. The third-order valence-corrected chi connectivity index (χ3v) is 0. The van der Waals surface area contributed by atoms with E-state index in [0.717, 1.165) is 0 Å². The Kier molecular flexibility index (Phi) is 112. The van der Waals surface area contributed by atoms with Crippen LogP contribution in [0.4, 0.5) is 0 Å². The van der Waals surface area contributed by atoms with E-state index in [1.807, 2.05) is 0 Å². The normalized spacial score (nSPS) is 2.80. The van der Waals surface area contributed by atoms with Crippen LogP contribution in [-0.2, 0) is 19.8 Å². The number of hydrogen-bond acceptors (Lipinski definition) is 2. The Hall–Kier alpha value is -0.371. The van der Waals surface area contributed by atoms with Gasteiger partial charge in [0.2, 0.25) is 0 Å². The fourth-order valence-electron chi connectivity index (χ4n) is 0. The summed E-state index contributed by atoms with van der Waals surface area (Å²) in [6, 6.07) is 0. The van der Waals surface area contributed by atoms with Gasteiger partial charge >= 0.3 is 19.8 Å². The van der Waals surface area contributed by atoms with Crippen molar-refractivity contribution >= 4 is 0 Å². The van der Waals surface area contributed by atoms with Gasteiger partial charge in [0.05, 0.1) is 0 Å². The minimum absolute atomic E-state index is 1.25. The van der Waals surface area contributed by atoms with Gasteiger partial charge in [-0.25, -0.2) is 0 Å². The predicted octanol–water partition coefficient (Wildman–Crippen LogP) is -0.280. The Balaban J connectivity index is 0. The van der Waals surface area contributed by atoms with E-state index in [4.69, 9.17) is 14.3 Å². The molecule has 0 aliphatic carbocycles. The zero-order chi connectivity index (χ0) is 4.71. The Bertz CT molecular complexity index is 36.9. The first-order valence-electron chi connectivity index (χ1n) is 0.506. The molecule has 0 bridgehead atoms. The molecule has 0 N–H and O–H groups in total. The standard InChI is InChI=1S/Cu.N2O.O/c;1-2-3;. The van der Waals surface area contributed by atoms with Gasteiger partial charge in [0.15, 0.2) is 4.91 Å². The summed E-state index contributed by atoms with van der Waals surface area (Å²) < 4.78 is 7.81. The van der Waals surface area contributed by atoms with Crippen molar-refractivity contribution in [3.8, 4) is 0 Å². The summed E-state index contributed by atoms with van der Waals surface area (Å²) in [4.78, 5) is 9.36. The molecule has 0 amide bonds. The van der Waals surface area contributed by atoms with Gasteiger partial charge in [-0.1, -0.05) is 0 Å². The van der Waals surface area contributed by atoms with Crippen LogP contribution in [0.3, 0.4) is 0 Å². The summed E-state index contributed by atoms with van der Waals surface area (Å²) in [6.07, 6.45) is 0. The maximum absolute atomic E-state index is 8.11. The zero-order valence-electron chi connectivity index (χ0n) is 2.01. The molecule has 0 heterocycles. The third-order valence-electron chi connectivity index (χ3n) is 0. The molecule has 0 atom stereocenters. The van der Waals surface area contributed by atoms with Crippen molar-refractivity contribution in [1.29, 1.82) is 0 Å². The molecule has 33 valence electrons. The molecular formula is CuN2O2. The molecule has 0 radical (unpaired) electrons. The first-order chi connectivity index (χ1) is 2.41. The molecule has 0 aromatic rings. The minimum atomic E-state index is 1.25. The molecule has 0 saturated carbocycles. The summed E-state index contributed by atoms with van der Waals surface area (Å²) >= 11 is 2.94. The summed E-state index contributed by atoms with van der Waals surface area (Å²) in [6.45, 7) is 0. The number of nitrogens with zero attached hydrogens (tertiary/aromatic N) is 2. The van der Waals surface area contributed by atoms with Crippen molar-refractivity contribution in [1.82, 2.24) is 4.97 Å². The van der Waals surface area contributed by atoms with Gasteiger partial charge in [-0.15, -0.1) is 0 Å². The van der Waals surface area contributed by atoms with Crippen LogP contribution >= 0.6 is 0 Å². The molecule has 0 saturated heterocycles. The maximum atomic E-state index is 8.11. The Morgan fingerprint density at radius 3 is 1.60 bits per heavy atom. The van der Waals surface area contributed by atoms with E-state index in [1.54, 1.807) is 0 Å². The van der Waals surface area contributed by atoms with Crippen LogP contribution in [0.2, 0.25) is 0 Å². The molecule has 0 fully saturated rings. The van der Waals surface area contributed by atoms with Crippen LogP contribution in [0.1, 0.15) is 0 Å². The van der Waals surface area contributed by atoms with Crippen LogP contribution in [0, 0.1) is 4.91 Å². The number of nitroso groups, excluding NO2 is 1. The fraction of sp³-hybridized carbons (Fsp3) is 0. The molecule has 0 aromatic carbocycles. The van der Waals surface area contributed by atoms with Crippen LogP contribution in [0.15, 0.2) is 0 Å². The second-order valence-electron chi connectivity index (χ2n) is 0.0816. The molecule has 0 spiro atoms. The Morgan fingerprint density at radius 1 is 1.60 bits per heavy atom. The summed E-state index contributed by atoms with van der Waals surface area (Å²) in [5, 5.41) is 0. The SMILES string of the molecule is [N-]=[N+]=O.[O]=[Cu]. The van der Waals surface area contributed by atoms with Crippen LogP contribution in [0.5, 0.6) is 0 Å². The van der Waals surface area contributed by atoms with Crippen LogP contribution in [-0.4, -0.2) is 0 Å². The van der Waals surface area contributed by atoms with Crippen molar-refractivity contribution in [2.75, 3.05) is 0 Å². The van der Waals surface area contributed by atoms with Crippen LogP contribution in [0.25, 0.3) is 5.53 Å². The topological polar surface area (TPSA) is 70.5 Å². The summed E-state index contributed by atoms with van der Waals surface area (Å²) in [7, 11) is 0. The van der Waals surface area contributed by atoms with Crippen LogP contribution < -0.4 is 4.97 Å². The monoisotopic (exact) mass is 123 g/mol. The molecule has 5 heteroatoms. The molecular weight excluding hydrogens is 124 g/mol. The Labute approximate surface area is 36.1 Å². The quantitative estimate of drug-likeness (QED) is 0.253. The summed E-state index contributed by atoms with van der Waals surface area (Å²) in [5.41, 5.74) is 6.64. The van der Waals surface area contributed by atoms with Crippen molar-refractivity contribution in [3.63, 3.8) is 0 Å².